The lowest BCUT2D eigenvalue weighted by molar-refractivity contribution is -0.134. The van der Waals surface area contributed by atoms with Gasteiger partial charge in [-0.25, -0.2) is 0 Å². The number of aryl methyl sites for hydroxylation is 1. The summed E-state index contributed by atoms with van der Waals surface area (Å²) in [5, 5.41) is 0. The Hall–Kier alpha value is -2.62. The quantitative estimate of drug-likeness (QED) is 0.628. The van der Waals surface area contributed by atoms with E-state index in [4.69, 9.17) is 4.74 Å². The summed E-state index contributed by atoms with van der Waals surface area (Å²) in [4.78, 5) is 25.4. The molecule has 0 radical (unpaired) electrons. The molecule has 1 amide bonds. The van der Waals surface area contributed by atoms with Crippen molar-refractivity contribution in [3.63, 3.8) is 0 Å². The van der Waals surface area contributed by atoms with Crippen molar-refractivity contribution < 1.29 is 14.3 Å². The van der Waals surface area contributed by atoms with Crippen LogP contribution in [0.3, 0.4) is 0 Å². The number of ether oxygens (including phenoxy) is 1. The first kappa shape index (κ1) is 15.3. The van der Waals surface area contributed by atoms with Crippen molar-refractivity contribution in [1.29, 1.82) is 0 Å². The number of carbonyl (C=O) groups is 2. The molecule has 4 nitrogen and oxygen atoms in total. The maximum atomic E-state index is 11.9. The Morgan fingerprint density at radius 1 is 1.04 bits per heavy atom. The summed E-state index contributed by atoms with van der Waals surface area (Å²) in [5.74, 6) is 0.412. The zero-order valence-electron chi connectivity index (χ0n) is 12.9. The molecule has 1 saturated heterocycles. The van der Waals surface area contributed by atoms with E-state index in [2.05, 4.69) is 0 Å². The van der Waals surface area contributed by atoms with Gasteiger partial charge >= 0.3 is 5.97 Å². The third-order valence-corrected chi connectivity index (χ3v) is 3.91. The molecule has 23 heavy (non-hydrogen) atoms. The number of esters is 1. The highest BCUT2D eigenvalue weighted by molar-refractivity contribution is 5.95. The van der Waals surface area contributed by atoms with E-state index in [1.807, 2.05) is 42.5 Å². The predicted molar refractivity (Wildman–Crippen MR) is 88.4 cm³/mol. The highest BCUT2D eigenvalue weighted by Crippen LogP contribution is 2.24. The molecule has 0 bridgehead atoms. The molecule has 0 saturated carbocycles. The van der Waals surface area contributed by atoms with Gasteiger partial charge in [0.2, 0.25) is 5.91 Å². The van der Waals surface area contributed by atoms with E-state index in [9.17, 15) is 9.59 Å². The largest absolute Gasteiger partial charge is 0.427 e. The Balaban J connectivity index is 1.53. The summed E-state index contributed by atoms with van der Waals surface area (Å²) in [6.45, 7) is 0.759. The van der Waals surface area contributed by atoms with Gasteiger partial charge in [-0.3, -0.25) is 9.59 Å². The van der Waals surface area contributed by atoms with Crippen molar-refractivity contribution in [2.45, 2.75) is 25.7 Å². The zero-order chi connectivity index (χ0) is 16.1. The van der Waals surface area contributed by atoms with Gasteiger partial charge in [-0.15, -0.1) is 0 Å². The molecule has 1 heterocycles. The predicted octanol–water partition coefficient (Wildman–Crippen LogP) is 3.35. The molecular weight excluding hydrogens is 290 g/mol. The minimum atomic E-state index is -0.251. The fraction of sp³-hybridized carbons (Fsp3) is 0.263. The SMILES string of the molecule is O=C(CCc1ccccc1)Oc1ccc(N2CCCC2=O)cc1. The third kappa shape index (κ3) is 3.97. The Kier molecular flexibility index (Phi) is 4.71. The molecule has 3 rings (SSSR count). The standard InChI is InChI=1S/C19H19NO3/c21-18-7-4-14-20(18)16-9-11-17(12-10-16)23-19(22)13-8-15-5-2-1-3-6-15/h1-3,5-6,9-12H,4,7-8,13-14H2. The smallest absolute Gasteiger partial charge is 0.311 e. The van der Waals surface area contributed by atoms with Gasteiger partial charge in [0.05, 0.1) is 0 Å². The fourth-order valence-corrected chi connectivity index (χ4v) is 2.69. The molecule has 118 valence electrons. The molecule has 1 aliphatic rings. The lowest BCUT2D eigenvalue weighted by atomic mass is 10.1. The maximum Gasteiger partial charge on any atom is 0.311 e. The van der Waals surface area contributed by atoms with Gasteiger partial charge < -0.3 is 9.64 Å². The second-order valence-electron chi connectivity index (χ2n) is 5.60. The van der Waals surface area contributed by atoms with Gasteiger partial charge in [0.25, 0.3) is 0 Å². The van der Waals surface area contributed by atoms with Crippen LogP contribution in [0.5, 0.6) is 5.75 Å². The minimum Gasteiger partial charge on any atom is -0.427 e. The van der Waals surface area contributed by atoms with Crippen molar-refractivity contribution in [3.8, 4) is 5.75 Å². The summed E-state index contributed by atoms with van der Waals surface area (Å²) in [6, 6.07) is 17.0. The number of hydrogen-bond donors (Lipinski definition) is 0. The first-order valence-electron chi connectivity index (χ1n) is 7.87. The van der Waals surface area contributed by atoms with Gasteiger partial charge in [-0.2, -0.15) is 0 Å². The van der Waals surface area contributed by atoms with E-state index in [1.54, 1.807) is 17.0 Å². The van der Waals surface area contributed by atoms with E-state index in [-0.39, 0.29) is 11.9 Å². The average Bonchev–Trinajstić information content (AvgIpc) is 3.01. The van der Waals surface area contributed by atoms with Crippen molar-refractivity contribution in [1.82, 2.24) is 0 Å². The van der Waals surface area contributed by atoms with E-state index in [0.717, 1.165) is 24.2 Å². The van der Waals surface area contributed by atoms with Gasteiger partial charge in [0.15, 0.2) is 0 Å². The molecule has 0 aromatic heterocycles. The number of anilines is 1. The topological polar surface area (TPSA) is 46.6 Å². The highest BCUT2D eigenvalue weighted by Gasteiger charge is 2.21. The Morgan fingerprint density at radius 2 is 1.78 bits per heavy atom. The van der Waals surface area contributed by atoms with Crippen LogP contribution in [0.15, 0.2) is 54.6 Å². The number of hydrogen-bond acceptors (Lipinski definition) is 3. The Morgan fingerprint density at radius 3 is 2.43 bits per heavy atom. The van der Waals surface area contributed by atoms with E-state index < -0.39 is 0 Å². The van der Waals surface area contributed by atoms with Crippen LogP contribution in [0.25, 0.3) is 0 Å². The fourth-order valence-electron chi connectivity index (χ4n) is 2.69. The second kappa shape index (κ2) is 7.09. The van der Waals surface area contributed by atoms with Gasteiger partial charge in [0, 0.05) is 25.1 Å². The average molecular weight is 309 g/mol. The normalized spacial score (nSPS) is 14.1. The molecule has 0 aliphatic carbocycles. The van der Waals surface area contributed by atoms with Crippen molar-refractivity contribution in [2.24, 2.45) is 0 Å². The first-order chi connectivity index (χ1) is 11.2. The van der Waals surface area contributed by atoms with E-state index in [0.29, 0.717) is 25.0 Å². The summed E-state index contributed by atoms with van der Waals surface area (Å²) in [5.41, 5.74) is 1.98. The van der Waals surface area contributed by atoms with Crippen LogP contribution < -0.4 is 9.64 Å². The van der Waals surface area contributed by atoms with Crippen LogP contribution >= 0.6 is 0 Å². The van der Waals surface area contributed by atoms with Gasteiger partial charge in [0.1, 0.15) is 5.75 Å². The number of carbonyl (C=O) groups excluding carboxylic acids is 2. The summed E-state index contributed by atoms with van der Waals surface area (Å²) < 4.78 is 5.34. The van der Waals surface area contributed by atoms with Gasteiger partial charge in [-0.1, -0.05) is 30.3 Å². The van der Waals surface area contributed by atoms with Crippen molar-refractivity contribution in [3.05, 3.63) is 60.2 Å². The van der Waals surface area contributed by atoms with Crippen LogP contribution in [0.4, 0.5) is 5.69 Å². The van der Waals surface area contributed by atoms with E-state index in [1.165, 1.54) is 0 Å². The van der Waals surface area contributed by atoms with Crippen LogP contribution in [-0.4, -0.2) is 18.4 Å². The number of benzene rings is 2. The summed E-state index contributed by atoms with van der Waals surface area (Å²) >= 11 is 0. The maximum absolute atomic E-state index is 11.9. The molecule has 2 aromatic carbocycles. The molecular formula is C19H19NO3. The van der Waals surface area contributed by atoms with Crippen LogP contribution in [0, 0.1) is 0 Å². The first-order valence-corrected chi connectivity index (χ1v) is 7.87. The summed E-state index contributed by atoms with van der Waals surface area (Å²) in [6.07, 6.45) is 2.52. The number of amides is 1. The van der Waals surface area contributed by atoms with Crippen molar-refractivity contribution >= 4 is 17.6 Å². The van der Waals surface area contributed by atoms with Crippen LogP contribution in [0.1, 0.15) is 24.8 Å². The number of rotatable bonds is 5. The Labute approximate surface area is 135 Å². The zero-order valence-corrected chi connectivity index (χ0v) is 12.9. The highest BCUT2D eigenvalue weighted by atomic mass is 16.5. The molecule has 2 aromatic rings. The number of nitrogens with zero attached hydrogens (tertiary/aromatic N) is 1. The molecule has 4 heteroatoms. The lowest BCUT2D eigenvalue weighted by Crippen LogP contribution is -2.23. The second-order valence-corrected chi connectivity index (χ2v) is 5.60. The van der Waals surface area contributed by atoms with Crippen molar-refractivity contribution in [2.75, 3.05) is 11.4 Å². The van der Waals surface area contributed by atoms with Gasteiger partial charge in [-0.05, 0) is 42.7 Å². The van der Waals surface area contributed by atoms with E-state index >= 15 is 0 Å². The molecule has 0 atom stereocenters. The third-order valence-electron chi connectivity index (χ3n) is 3.91. The summed E-state index contributed by atoms with van der Waals surface area (Å²) in [7, 11) is 0. The molecule has 0 spiro atoms. The monoisotopic (exact) mass is 309 g/mol. The molecule has 1 fully saturated rings. The molecule has 0 unspecified atom stereocenters. The lowest BCUT2D eigenvalue weighted by Gasteiger charge is -2.15. The molecule has 1 aliphatic heterocycles. The Bertz CT molecular complexity index is 680. The molecule has 0 N–H and O–H groups in total. The minimum absolute atomic E-state index is 0.151. The van der Waals surface area contributed by atoms with Crippen LogP contribution in [-0.2, 0) is 16.0 Å². The van der Waals surface area contributed by atoms with Crippen LogP contribution in [0.2, 0.25) is 0 Å².